The molecule has 1 nitrogen and oxygen atoms in total. The van der Waals surface area contributed by atoms with Crippen molar-refractivity contribution in [2.75, 3.05) is 6.54 Å². The second-order valence-electron chi connectivity index (χ2n) is 5.50. The Kier molecular flexibility index (Phi) is 3.18. The molecule has 0 bridgehead atoms. The second-order valence-corrected chi connectivity index (χ2v) is 6.85. The predicted molar refractivity (Wildman–Crippen MR) is 74.5 cm³/mol. The Morgan fingerprint density at radius 1 is 1.18 bits per heavy atom. The van der Waals surface area contributed by atoms with Gasteiger partial charge in [0.1, 0.15) is 0 Å². The van der Waals surface area contributed by atoms with Crippen molar-refractivity contribution in [2.45, 2.75) is 54.1 Å². The fraction of sp³-hybridized carbons (Fsp3) is 0.600. The van der Waals surface area contributed by atoms with Gasteiger partial charge in [0.25, 0.3) is 0 Å². The Bertz CT molecular complexity index is 392. The summed E-state index contributed by atoms with van der Waals surface area (Å²) in [5.41, 5.74) is 7.94. The molecule has 0 radical (unpaired) electrons. The highest BCUT2D eigenvalue weighted by Gasteiger charge is 2.36. The molecule has 0 unspecified atom stereocenters. The molecule has 0 atom stereocenters. The fourth-order valence-electron chi connectivity index (χ4n) is 3.01. The van der Waals surface area contributed by atoms with Gasteiger partial charge in [-0.1, -0.05) is 31.0 Å². The van der Waals surface area contributed by atoms with Crippen LogP contribution in [0, 0.1) is 0 Å². The van der Waals surface area contributed by atoms with Crippen LogP contribution in [0.5, 0.6) is 0 Å². The number of hydrogen-bond donors (Lipinski definition) is 1. The summed E-state index contributed by atoms with van der Waals surface area (Å²) in [6.45, 7) is 0.815. The molecule has 0 amide bonds. The third-order valence-electron chi connectivity index (χ3n) is 4.23. The van der Waals surface area contributed by atoms with E-state index < -0.39 is 0 Å². The van der Waals surface area contributed by atoms with Gasteiger partial charge in [0, 0.05) is 22.1 Å². The molecule has 0 heterocycles. The Labute approximate surface area is 108 Å². The van der Waals surface area contributed by atoms with Gasteiger partial charge in [-0.2, -0.15) is 0 Å². The van der Waals surface area contributed by atoms with E-state index in [0.717, 1.165) is 11.8 Å². The van der Waals surface area contributed by atoms with Crippen molar-refractivity contribution in [3.63, 3.8) is 0 Å². The third kappa shape index (κ3) is 2.25. The highest BCUT2D eigenvalue weighted by atomic mass is 32.2. The maximum atomic E-state index is 6.11. The summed E-state index contributed by atoms with van der Waals surface area (Å²) in [4.78, 5) is 1.50. The zero-order valence-electron chi connectivity index (χ0n) is 10.3. The monoisotopic (exact) mass is 247 g/mol. The first-order chi connectivity index (χ1) is 8.34. The van der Waals surface area contributed by atoms with Gasteiger partial charge >= 0.3 is 0 Å². The van der Waals surface area contributed by atoms with Crippen LogP contribution in [-0.4, -0.2) is 11.8 Å². The van der Waals surface area contributed by atoms with E-state index in [1.54, 1.807) is 0 Å². The topological polar surface area (TPSA) is 26.0 Å². The van der Waals surface area contributed by atoms with Crippen LogP contribution in [0.2, 0.25) is 0 Å². The lowest BCUT2D eigenvalue weighted by Crippen LogP contribution is -2.32. The number of thioether (sulfide) groups is 1. The van der Waals surface area contributed by atoms with E-state index in [1.165, 1.54) is 49.0 Å². The molecule has 0 saturated heterocycles. The molecule has 0 aromatic heterocycles. The van der Waals surface area contributed by atoms with Gasteiger partial charge in [-0.25, -0.2) is 0 Å². The largest absolute Gasteiger partial charge is 0.330 e. The quantitative estimate of drug-likeness (QED) is 0.877. The fourth-order valence-corrected chi connectivity index (χ4v) is 4.31. The zero-order chi connectivity index (χ0) is 11.7. The summed E-state index contributed by atoms with van der Waals surface area (Å²) >= 11 is 2.08. The molecule has 3 rings (SSSR count). The number of rotatable bonds is 4. The van der Waals surface area contributed by atoms with Gasteiger partial charge in [0.05, 0.1) is 0 Å². The standard InChI is InChI=1S/C15H21NS/c16-11-15(9-3-4-10-15)13-5-1-2-6-14(13)17-12-7-8-12/h1-2,5-6,12H,3-4,7-11,16H2. The van der Waals surface area contributed by atoms with Crippen molar-refractivity contribution in [3.8, 4) is 0 Å². The average molecular weight is 247 g/mol. The minimum atomic E-state index is 0.290. The van der Waals surface area contributed by atoms with Crippen LogP contribution in [0.15, 0.2) is 29.2 Å². The van der Waals surface area contributed by atoms with Gasteiger partial charge < -0.3 is 5.73 Å². The van der Waals surface area contributed by atoms with Crippen molar-refractivity contribution < 1.29 is 0 Å². The van der Waals surface area contributed by atoms with Gasteiger partial charge in [-0.05, 0) is 37.3 Å². The third-order valence-corrected chi connectivity index (χ3v) is 5.64. The summed E-state index contributed by atoms with van der Waals surface area (Å²) < 4.78 is 0. The molecule has 1 aromatic rings. The molecular weight excluding hydrogens is 226 g/mol. The molecule has 92 valence electrons. The Hall–Kier alpha value is -0.470. The van der Waals surface area contributed by atoms with Gasteiger partial charge in [-0.15, -0.1) is 11.8 Å². The summed E-state index contributed by atoms with van der Waals surface area (Å²) in [6, 6.07) is 8.98. The number of nitrogens with two attached hydrogens (primary N) is 1. The first kappa shape index (κ1) is 11.6. The average Bonchev–Trinajstić information content (AvgIpc) is 3.05. The lowest BCUT2D eigenvalue weighted by atomic mass is 9.79. The summed E-state index contributed by atoms with van der Waals surface area (Å²) in [5.74, 6) is 0. The maximum absolute atomic E-state index is 6.11. The number of benzene rings is 1. The van der Waals surface area contributed by atoms with E-state index in [0.29, 0.717) is 5.41 Å². The summed E-state index contributed by atoms with van der Waals surface area (Å²) in [6.07, 6.45) is 8.06. The van der Waals surface area contributed by atoms with E-state index in [-0.39, 0.29) is 0 Å². The molecule has 2 fully saturated rings. The minimum Gasteiger partial charge on any atom is -0.330 e. The van der Waals surface area contributed by atoms with Crippen LogP contribution in [0.25, 0.3) is 0 Å². The zero-order valence-corrected chi connectivity index (χ0v) is 11.1. The number of hydrogen-bond acceptors (Lipinski definition) is 2. The lowest BCUT2D eigenvalue weighted by molar-refractivity contribution is 0.445. The molecule has 0 aliphatic heterocycles. The van der Waals surface area contributed by atoms with Crippen molar-refractivity contribution in [1.29, 1.82) is 0 Å². The van der Waals surface area contributed by atoms with Crippen LogP contribution in [0.4, 0.5) is 0 Å². The Morgan fingerprint density at radius 3 is 2.53 bits per heavy atom. The normalized spacial score (nSPS) is 22.9. The van der Waals surface area contributed by atoms with Crippen LogP contribution in [0.1, 0.15) is 44.1 Å². The molecule has 2 aliphatic carbocycles. The van der Waals surface area contributed by atoms with E-state index >= 15 is 0 Å². The predicted octanol–water partition coefficient (Wildman–Crippen LogP) is 3.71. The van der Waals surface area contributed by atoms with Crippen LogP contribution < -0.4 is 5.73 Å². The minimum absolute atomic E-state index is 0.290. The van der Waals surface area contributed by atoms with Crippen molar-refractivity contribution in [3.05, 3.63) is 29.8 Å². The first-order valence-electron chi connectivity index (χ1n) is 6.80. The Balaban J connectivity index is 1.93. The molecule has 2 saturated carbocycles. The van der Waals surface area contributed by atoms with Crippen LogP contribution in [0.3, 0.4) is 0 Å². The maximum Gasteiger partial charge on any atom is 0.0113 e. The summed E-state index contributed by atoms with van der Waals surface area (Å²) in [7, 11) is 0. The smallest absolute Gasteiger partial charge is 0.0113 e. The lowest BCUT2D eigenvalue weighted by Gasteiger charge is -2.30. The molecule has 2 aliphatic rings. The first-order valence-corrected chi connectivity index (χ1v) is 7.68. The molecule has 1 aromatic carbocycles. The van der Waals surface area contributed by atoms with Crippen molar-refractivity contribution in [2.24, 2.45) is 5.73 Å². The molecule has 2 N–H and O–H groups in total. The van der Waals surface area contributed by atoms with Crippen LogP contribution in [-0.2, 0) is 5.41 Å². The highest BCUT2D eigenvalue weighted by Crippen LogP contribution is 2.47. The van der Waals surface area contributed by atoms with Crippen LogP contribution >= 0.6 is 11.8 Å². The Morgan fingerprint density at radius 2 is 1.88 bits per heavy atom. The SMILES string of the molecule is NCC1(c2ccccc2SC2CC2)CCCC1. The van der Waals surface area contributed by atoms with Crippen molar-refractivity contribution in [1.82, 2.24) is 0 Å². The molecule has 0 spiro atoms. The summed E-state index contributed by atoms with van der Waals surface area (Å²) in [5, 5.41) is 0.882. The van der Waals surface area contributed by atoms with Gasteiger partial charge in [0.2, 0.25) is 0 Å². The van der Waals surface area contributed by atoms with E-state index in [4.69, 9.17) is 5.73 Å². The van der Waals surface area contributed by atoms with Gasteiger partial charge in [-0.3, -0.25) is 0 Å². The molecule has 17 heavy (non-hydrogen) atoms. The van der Waals surface area contributed by atoms with Gasteiger partial charge in [0.15, 0.2) is 0 Å². The second kappa shape index (κ2) is 4.66. The molecular formula is C15H21NS. The molecule has 2 heteroatoms. The van der Waals surface area contributed by atoms with E-state index in [1.807, 2.05) is 0 Å². The highest BCUT2D eigenvalue weighted by molar-refractivity contribution is 8.00. The van der Waals surface area contributed by atoms with E-state index in [2.05, 4.69) is 36.0 Å². The van der Waals surface area contributed by atoms with Crippen molar-refractivity contribution >= 4 is 11.8 Å². The van der Waals surface area contributed by atoms with E-state index in [9.17, 15) is 0 Å².